The van der Waals surface area contributed by atoms with Gasteiger partial charge < -0.3 is 14.2 Å². The molecule has 6 heteroatoms. The van der Waals surface area contributed by atoms with E-state index in [4.69, 9.17) is 14.2 Å². The van der Waals surface area contributed by atoms with Crippen molar-refractivity contribution in [3.8, 4) is 11.5 Å². The molecule has 5 nitrogen and oxygen atoms in total. The Bertz CT molecular complexity index is 458. The second-order valence-electron chi connectivity index (χ2n) is 3.52. The fourth-order valence-corrected chi connectivity index (χ4v) is 1.70. The van der Waals surface area contributed by atoms with Crippen LogP contribution in [0.4, 0.5) is 0 Å². The maximum Gasteiger partial charge on any atom is 0.344 e. The van der Waals surface area contributed by atoms with Crippen molar-refractivity contribution in [3.05, 3.63) is 23.8 Å². The van der Waals surface area contributed by atoms with Gasteiger partial charge in [-0.05, 0) is 25.1 Å². The first-order valence-corrected chi connectivity index (χ1v) is 6.80. The number of carbonyl (C=O) groups is 2. The molecule has 0 radical (unpaired) electrons. The Morgan fingerprint density at radius 3 is 2.58 bits per heavy atom. The Labute approximate surface area is 120 Å². The number of halogens is 1. The van der Waals surface area contributed by atoms with Gasteiger partial charge in [-0.2, -0.15) is 0 Å². The third-order valence-corrected chi connectivity index (χ3v) is 2.77. The van der Waals surface area contributed by atoms with E-state index in [1.807, 2.05) is 0 Å². The van der Waals surface area contributed by atoms with Crippen LogP contribution in [0.5, 0.6) is 11.5 Å². The minimum atomic E-state index is -0.454. The molecule has 19 heavy (non-hydrogen) atoms. The molecule has 0 heterocycles. The van der Waals surface area contributed by atoms with E-state index >= 15 is 0 Å². The first-order valence-electron chi connectivity index (χ1n) is 5.68. The Hall–Kier alpha value is -1.56. The lowest BCUT2D eigenvalue weighted by Gasteiger charge is -2.11. The van der Waals surface area contributed by atoms with E-state index in [-0.39, 0.29) is 17.7 Å². The molecule has 0 aromatic heterocycles. The molecule has 0 unspecified atom stereocenters. The van der Waals surface area contributed by atoms with E-state index in [9.17, 15) is 9.59 Å². The summed E-state index contributed by atoms with van der Waals surface area (Å²) in [5, 5.41) is 0.235. The highest BCUT2D eigenvalue weighted by atomic mass is 79.9. The lowest BCUT2D eigenvalue weighted by molar-refractivity contribution is -0.145. The molecule has 0 fully saturated rings. The Morgan fingerprint density at radius 2 is 2.00 bits per heavy atom. The van der Waals surface area contributed by atoms with Gasteiger partial charge in [0.05, 0.1) is 19.0 Å². The van der Waals surface area contributed by atoms with E-state index < -0.39 is 5.97 Å². The van der Waals surface area contributed by atoms with E-state index in [1.54, 1.807) is 25.1 Å². The summed E-state index contributed by atoms with van der Waals surface area (Å²) >= 11 is 3.10. The van der Waals surface area contributed by atoms with Gasteiger partial charge in [-0.25, -0.2) is 4.79 Å². The van der Waals surface area contributed by atoms with Gasteiger partial charge >= 0.3 is 5.97 Å². The zero-order valence-corrected chi connectivity index (χ0v) is 12.4. The molecular weight excluding hydrogens is 316 g/mol. The number of alkyl halides is 1. The van der Waals surface area contributed by atoms with Crippen molar-refractivity contribution in [3.63, 3.8) is 0 Å². The summed E-state index contributed by atoms with van der Waals surface area (Å²) in [6, 6.07) is 4.78. The summed E-state index contributed by atoms with van der Waals surface area (Å²) < 4.78 is 15.2. The summed E-state index contributed by atoms with van der Waals surface area (Å²) in [6.07, 6.45) is 0. The van der Waals surface area contributed by atoms with Crippen LogP contribution in [0.2, 0.25) is 0 Å². The van der Waals surface area contributed by atoms with E-state index in [0.717, 1.165) is 0 Å². The van der Waals surface area contributed by atoms with Crippen molar-refractivity contribution in [2.75, 3.05) is 25.7 Å². The zero-order valence-electron chi connectivity index (χ0n) is 10.8. The Kier molecular flexibility index (Phi) is 6.35. The Morgan fingerprint density at radius 1 is 1.26 bits per heavy atom. The molecule has 0 aliphatic heterocycles. The van der Waals surface area contributed by atoms with Gasteiger partial charge in [0.1, 0.15) is 0 Å². The average Bonchev–Trinajstić information content (AvgIpc) is 2.44. The summed E-state index contributed by atoms with van der Waals surface area (Å²) in [5.41, 5.74) is 0.511. The van der Waals surface area contributed by atoms with Crippen LogP contribution in [-0.4, -0.2) is 37.4 Å². The number of carbonyl (C=O) groups excluding carboxylic acids is 2. The molecular formula is C13H15BrO5. The monoisotopic (exact) mass is 330 g/mol. The fourth-order valence-electron chi connectivity index (χ4n) is 1.38. The summed E-state index contributed by atoms with van der Waals surface area (Å²) in [6.45, 7) is 1.83. The lowest BCUT2D eigenvalue weighted by atomic mass is 10.1. The number of ketones is 1. The predicted molar refractivity (Wildman–Crippen MR) is 73.2 cm³/mol. The number of ether oxygens (including phenoxy) is 3. The SMILES string of the molecule is CCOC(=O)COc1ccc(C(=O)CBr)cc1OC. The topological polar surface area (TPSA) is 61.8 Å². The molecule has 1 rings (SSSR count). The molecule has 1 aromatic carbocycles. The number of rotatable bonds is 7. The lowest BCUT2D eigenvalue weighted by Crippen LogP contribution is -2.15. The van der Waals surface area contributed by atoms with Crippen molar-refractivity contribution < 1.29 is 23.8 Å². The van der Waals surface area contributed by atoms with Crippen molar-refractivity contribution in [2.45, 2.75) is 6.92 Å². The van der Waals surface area contributed by atoms with Crippen molar-refractivity contribution in [1.82, 2.24) is 0 Å². The van der Waals surface area contributed by atoms with Crippen LogP contribution in [-0.2, 0) is 9.53 Å². The van der Waals surface area contributed by atoms with Gasteiger partial charge in [-0.3, -0.25) is 4.79 Å². The van der Waals surface area contributed by atoms with Crippen molar-refractivity contribution in [2.24, 2.45) is 0 Å². The normalized spacial score (nSPS) is 9.84. The molecule has 0 saturated heterocycles. The fraction of sp³-hybridized carbons (Fsp3) is 0.385. The number of esters is 1. The van der Waals surface area contributed by atoms with Gasteiger partial charge in [0, 0.05) is 5.56 Å². The predicted octanol–water partition coefficient (Wildman–Crippen LogP) is 2.21. The van der Waals surface area contributed by atoms with Crippen LogP contribution in [0.15, 0.2) is 18.2 Å². The van der Waals surface area contributed by atoms with Crippen molar-refractivity contribution in [1.29, 1.82) is 0 Å². The second kappa shape index (κ2) is 7.78. The minimum absolute atomic E-state index is 0.0600. The zero-order chi connectivity index (χ0) is 14.3. The Balaban J connectivity index is 2.79. The highest BCUT2D eigenvalue weighted by molar-refractivity contribution is 9.09. The highest BCUT2D eigenvalue weighted by Gasteiger charge is 2.12. The maximum absolute atomic E-state index is 11.5. The molecule has 0 atom stereocenters. The van der Waals surface area contributed by atoms with Crippen LogP contribution in [0, 0.1) is 0 Å². The number of benzene rings is 1. The van der Waals surface area contributed by atoms with Crippen LogP contribution >= 0.6 is 15.9 Å². The molecule has 0 aliphatic carbocycles. The third-order valence-electron chi connectivity index (χ3n) is 2.26. The number of Topliss-reactive ketones (excluding diaryl/α,β-unsaturated/α-hetero) is 1. The van der Waals surface area contributed by atoms with Crippen molar-refractivity contribution >= 4 is 27.7 Å². The number of methoxy groups -OCH3 is 1. The molecule has 0 aliphatic rings. The van der Waals surface area contributed by atoms with E-state index in [2.05, 4.69) is 15.9 Å². The molecule has 1 aromatic rings. The van der Waals surface area contributed by atoms with E-state index in [1.165, 1.54) is 7.11 Å². The smallest absolute Gasteiger partial charge is 0.344 e. The molecule has 0 N–H and O–H groups in total. The minimum Gasteiger partial charge on any atom is -0.493 e. The summed E-state index contributed by atoms with van der Waals surface area (Å²) in [7, 11) is 1.47. The molecule has 104 valence electrons. The van der Waals surface area contributed by atoms with Gasteiger partial charge in [0.15, 0.2) is 23.9 Å². The number of hydrogen-bond donors (Lipinski definition) is 0. The quantitative estimate of drug-likeness (QED) is 0.436. The molecule has 0 saturated carbocycles. The molecule has 0 amide bonds. The molecule has 0 spiro atoms. The summed E-state index contributed by atoms with van der Waals surface area (Å²) in [4.78, 5) is 22.7. The van der Waals surface area contributed by atoms with Crippen LogP contribution < -0.4 is 9.47 Å². The molecule has 0 bridgehead atoms. The second-order valence-corrected chi connectivity index (χ2v) is 4.08. The van der Waals surface area contributed by atoms with Gasteiger partial charge in [-0.15, -0.1) is 0 Å². The van der Waals surface area contributed by atoms with E-state index in [0.29, 0.717) is 23.7 Å². The average molecular weight is 331 g/mol. The van der Waals surface area contributed by atoms with Gasteiger partial charge in [0.25, 0.3) is 0 Å². The number of hydrogen-bond acceptors (Lipinski definition) is 5. The summed E-state index contributed by atoms with van der Waals surface area (Å²) in [5.74, 6) is 0.276. The highest BCUT2D eigenvalue weighted by Crippen LogP contribution is 2.28. The third kappa shape index (κ3) is 4.55. The standard InChI is InChI=1S/C13H15BrO5/c1-3-18-13(16)8-19-11-5-4-9(10(15)7-14)6-12(11)17-2/h4-6H,3,7-8H2,1-2H3. The largest absolute Gasteiger partial charge is 0.493 e. The first-order chi connectivity index (χ1) is 9.12. The first kappa shape index (κ1) is 15.5. The van der Waals surface area contributed by atoms with Crippen LogP contribution in [0.1, 0.15) is 17.3 Å². The van der Waals surface area contributed by atoms with Crippen LogP contribution in [0.25, 0.3) is 0 Å². The van der Waals surface area contributed by atoms with Gasteiger partial charge in [0.2, 0.25) is 0 Å². The maximum atomic E-state index is 11.5. The van der Waals surface area contributed by atoms with Crippen LogP contribution in [0.3, 0.4) is 0 Å². The van der Waals surface area contributed by atoms with Gasteiger partial charge in [-0.1, -0.05) is 15.9 Å².